The van der Waals surface area contributed by atoms with Crippen LogP contribution in [0.1, 0.15) is 23.0 Å². The van der Waals surface area contributed by atoms with Crippen LogP contribution in [0.3, 0.4) is 0 Å². The number of hydrogen-bond acceptors (Lipinski definition) is 6. The van der Waals surface area contributed by atoms with Crippen LogP contribution in [0.2, 0.25) is 0 Å². The molecule has 1 aliphatic rings. The highest BCUT2D eigenvalue weighted by Crippen LogP contribution is 2.16. The molecular weight excluding hydrogens is 280 g/mol. The minimum atomic E-state index is -0.423. The van der Waals surface area contributed by atoms with Gasteiger partial charge in [-0.15, -0.1) is 11.6 Å². The van der Waals surface area contributed by atoms with E-state index < -0.39 is 5.97 Å². The molecule has 1 fully saturated rings. The zero-order chi connectivity index (χ0) is 14.5. The van der Waals surface area contributed by atoms with Gasteiger partial charge in [0, 0.05) is 32.4 Å². The van der Waals surface area contributed by atoms with Crippen LogP contribution in [0.25, 0.3) is 0 Å². The van der Waals surface area contributed by atoms with Gasteiger partial charge in [0.15, 0.2) is 0 Å². The Balaban J connectivity index is 2.18. The lowest BCUT2D eigenvalue weighted by Gasteiger charge is -2.32. The van der Waals surface area contributed by atoms with Crippen LogP contribution < -0.4 is 4.90 Å². The minimum absolute atomic E-state index is 0.164. The van der Waals surface area contributed by atoms with Gasteiger partial charge in [-0.2, -0.15) is 0 Å². The van der Waals surface area contributed by atoms with Gasteiger partial charge in [0.05, 0.1) is 18.2 Å². The molecule has 0 bridgehead atoms. The summed E-state index contributed by atoms with van der Waals surface area (Å²) in [5.74, 6) is 0.368. The minimum Gasteiger partial charge on any atom is -0.462 e. The smallest absolute Gasteiger partial charge is 0.341 e. The largest absolute Gasteiger partial charge is 0.462 e. The van der Waals surface area contributed by atoms with Crippen molar-refractivity contribution in [3.63, 3.8) is 0 Å². The zero-order valence-electron chi connectivity index (χ0n) is 11.8. The predicted molar refractivity (Wildman–Crippen MR) is 77.3 cm³/mol. The Morgan fingerprint density at radius 1 is 1.40 bits per heavy atom. The topological polar surface area (TPSA) is 58.6 Å². The fourth-order valence-electron chi connectivity index (χ4n) is 2.05. The van der Waals surface area contributed by atoms with Crippen LogP contribution >= 0.6 is 11.6 Å². The van der Waals surface area contributed by atoms with Crippen LogP contribution in [0.15, 0.2) is 6.20 Å². The molecule has 2 rings (SSSR count). The van der Waals surface area contributed by atoms with Crippen molar-refractivity contribution in [2.45, 2.75) is 12.8 Å². The molecule has 0 aromatic carbocycles. The Morgan fingerprint density at radius 2 is 2.10 bits per heavy atom. The van der Waals surface area contributed by atoms with Crippen molar-refractivity contribution < 1.29 is 9.53 Å². The van der Waals surface area contributed by atoms with Gasteiger partial charge in [-0.05, 0) is 14.0 Å². The maximum absolute atomic E-state index is 11.8. The number of piperazine rings is 1. The molecule has 0 radical (unpaired) electrons. The highest BCUT2D eigenvalue weighted by Gasteiger charge is 2.20. The molecule has 6 nitrogen and oxygen atoms in total. The second-order valence-electron chi connectivity index (χ2n) is 4.67. The quantitative estimate of drug-likeness (QED) is 0.614. The van der Waals surface area contributed by atoms with E-state index in [1.54, 1.807) is 6.92 Å². The molecule has 7 heteroatoms. The first kappa shape index (κ1) is 15.0. The van der Waals surface area contributed by atoms with Crippen LogP contribution in [-0.4, -0.2) is 60.7 Å². The second kappa shape index (κ2) is 6.85. The lowest BCUT2D eigenvalue weighted by atomic mass is 10.2. The number of nitrogens with zero attached hydrogens (tertiary/aromatic N) is 4. The molecule has 110 valence electrons. The lowest BCUT2D eigenvalue weighted by Crippen LogP contribution is -2.45. The number of carbonyl (C=O) groups excluding carboxylic acids is 1. The van der Waals surface area contributed by atoms with Crippen LogP contribution in [0, 0.1) is 0 Å². The molecule has 0 N–H and O–H groups in total. The summed E-state index contributed by atoms with van der Waals surface area (Å²) >= 11 is 5.89. The van der Waals surface area contributed by atoms with Gasteiger partial charge in [0.25, 0.3) is 0 Å². The number of rotatable bonds is 4. The van der Waals surface area contributed by atoms with Gasteiger partial charge in [0.1, 0.15) is 5.56 Å². The number of ether oxygens (including phenoxy) is 1. The molecule has 0 atom stereocenters. The summed E-state index contributed by atoms with van der Waals surface area (Å²) in [7, 11) is 2.09. The van der Waals surface area contributed by atoms with Crippen molar-refractivity contribution in [2.75, 3.05) is 44.7 Å². The molecule has 0 spiro atoms. The molecule has 0 unspecified atom stereocenters. The predicted octanol–water partition coefficient (Wildman–Crippen LogP) is 1.14. The molecule has 0 aliphatic carbocycles. The van der Waals surface area contributed by atoms with Crippen molar-refractivity contribution in [3.8, 4) is 0 Å². The summed E-state index contributed by atoms with van der Waals surface area (Å²) in [4.78, 5) is 24.8. The fraction of sp³-hybridized carbons (Fsp3) is 0.615. The van der Waals surface area contributed by atoms with E-state index in [0.717, 1.165) is 26.2 Å². The van der Waals surface area contributed by atoms with E-state index in [9.17, 15) is 4.79 Å². The third-order valence-corrected chi connectivity index (χ3v) is 3.52. The molecule has 0 saturated carbocycles. The van der Waals surface area contributed by atoms with Crippen LogP contribution in [0.4, 0.5) is 5.95 Å². The molecule has 2 heterocycles. The molecule has 0 amide bonds. The molecular formula is C13H19ClN4O2. The van der Waals surface area contributed by atoms with E-state index in [2.05, 4.69) is 26.8 Å². The van der Waals surface area contributed by atoms with Crippen molar-refractivity contribution in [1.82, 2.24) is 14.9 Å². The maximum Gasteiger partial charge on any atom is 0.341 e. The number of hydrogen-bond donors (Lipinski definition) is 0. The van der Waals surface area contributed by atoms with Gasteiger partial charge in [-0.25, -0.2) is 14.8 Å². The number of alkyl halides is 1. The van der Waals surface area contributed by atoms with E-state index in [-0.39, 0.29) is 5.88 Å². The average molecular weight is 299 g/mol. The van der Waals surface area contributed by atoms with Crippen molar-refractivity contribution in [2.24, 2.45) is 0 Å². The molecule has 1 aromatic heterocycles. The SMILES string of the molecule is CCOC(=O)c1cnc(N2CCN(C)CC2)nc1CCl. The zero-order valence-corrected chi connectivity index (χ0v) is 12.6. The van der Waals surface area contributed by atoms with Crippen molar-refractivity contribution >= 4 is 23.5 Å². The summed E-state index contributed by atoms with van der Waals surface area (Å²) < 4.78 is 4.97. The third-order valence-electron chi connectivity index (χ3n) is 3.26. The van der Waals surface area contributed by atoms with Crippen LogP contribution in [0.5, 0.6) is 0 Å². The maximum atomic E-state index is 11.8. The Hall–Kier alpha value is -1.40. The summed E-state index contributed by atoms with van der Waals surface area (Å²) in [5.41, 5.74) is 0.869. The Kier molecular flexibility index (Phi) is 5.14. The number of aromatic nitrogens is 2. The second-order valence-corrected chi connectivity index (χ2v) is 4.94. The van der Waals surface area contributed by atoms with Crippen molar-refractivity contribution in [1.29, 1.82) is 0 Å². The van der Waals surface area contributed by atoms with Crippen molar-refractivity contribution in [3.05, 3.63) is 17.5 Å². The van der Waals surface area contributed by atoms with Gasteiger partial charge in [-0.1, -0.05) is 0 Å². The number of anilines is 1. The average Bonchev–Trinajstić information content (AvgIpc) is 2.47. The summed E-state index contributed by atoms with van der Waals surface area (Å²) in [5, 5.41) is 0. The molecule has 1 aliphatic heterocycles. The van der Waals surface area contributed by atoms with Gasteiger partial charge in [0.2, 0.25) is 5.95 Å². The first-order valence-corrected chi connectivity index (χ1v) is 7.21. The normalized spacial score (nSPS) is 16.2. The summed E-state index contributed by atoms with van der Waals surface area (Å²) in [6.07, 6.45) is 1.51. The standard InChI is InChI=1S/C13H19ClN4O2/c1-3-20-12(19)10-9-15-13(16-11(10)8-14)18-6-4-17(2)5-7-18/h9H,3-8H2,1-2H3. The first-order chi connectivity index (χ1) is 9.65. The van der Waals surface area contributed by atoms with E-state index in [1.165, 1.54) is 6.20 Å². The monoisotopic (exact) mass is 298 g/mol. The van der Waals surface area contributed by atoms with E-state index in [1.807, 2.05) is 0 Å². The number of esters is 1. The highest BCUT2D eigenvalue weighted by molar-refractivity contribution is 6.17. The Bertz CT molecular complexity index is 475. The highest BCUT2D eigenvalue weighted by atomic mass is 35.5. The summed E-state index contributed by atoms with van der Waals surface area (Å²) in [6, 6.07) is 0. The Morgan fingerprint density at radius 3 is 2.70 bits per heavy atom. The van der Waals surface area contributed by atoms with E-state index in [4.69, 9.17) is 16.3 Å². The Labute approximate surface area is 123 Å². The first-order valence-electron chi connectivity index (χ1n) is 6.68. The summed E-state index contributed by atoms with van der Waals surface area (Å²) in [6.45, 7) is 5.77. The van der Waals surface area contributed by atoms with Gasteiger partial charge < -0.3 is 14.5 Å². The number of halogens is 1. The molecule has 1 saturated heterocycles. The lowest BCUT2D eigenvalue weighted by molar-refractivity contribution is 0.0524. The van der Waals surface area contributed by atoms with E-state index in [0.29, 0.717) is 23.8 Å². The third kappa shape index (κ3) is 3.37. The molecule has 20 heavy (non-hydrogen) atoms. The van der Waals surface area contributed by atoms with Crippen LogP contribution in [-0.2, 0) is 10.6 Å². The number of likely N-dealkylation sites (N-methyl/N-ethyl adjacent to an activating group) is 1. The fourth-order valence-corrected chi connectivity index (χ4v) is 2.25. The van der Waals surface area contributed by atoms with E-state index >= 15 is 0 Å². The molecule has 1 aromatic rings. The van der Waals surface area contributed by atoms with Gasteiger partial charge in [-0.3, -0.25) is 0 Å². The van der Waals surface area contributed by atoms with Gasteiger partial charge >= 0.3 is 5.97 Å². The number of carbonyl (C=O) groups is 1.